The summed E-state index contributed by atoms with van der Waals surface area (Å²) in [7, 11) is 2.02. The molecule has 0 saturated heterocycles. The number of benzene rings is 1. The minimum atomic E-state index is -0.172. The summed E-state index contributed by atoms with van der Waals surface area (Å²) in [6.07, 6.45) is 4.72. The van der Waals surface area contributed by atoms with Gasteiger partial charge in [0.05, 0.1) is 0 Å². The molecule has 94 valence electrons. The van der Waals surface area contributed by atoms with Crippen LogP contribution in [0.25, 0.3) is 0 Å². The zero-order valence-corrected chi connectivity index (χ0v) is 10.4. The number of anilines is 1. The Bertz CT molecular complexity index is 367. The summed E-state index contributed by atoms with van der Waals surface area (Å²) in [5, 5.41) is 0. The van der Waals surface area contributed by atoms with Gasteiger partial charge in [0.2, 0.25) is 0 Å². The minimum Gasteiger partial charge on any atom is -0.374 e. The van der Waals surface area contributed by atoms with E-state index in [9.17, 15) is 4.39 Å². The van der Waals surface area contributed by atoms with Gasteiger partial charge in [0.25, 0.3) is 0 Å². The highest BCUT2D eigenvalue weighted by Gasteiger charge is 2.20. The Morgan fingerprint density at radius 2 is 2.24 bits per heavy atom. The highest BCUT2D eigenvalue weighted by atomic mass is 19.1. The third-order valence-corrected chi connectivity index (χ3v) is 3.60. The van der Waals surface area contributed by atoms with Crippen LogP contribution in [-0.2, 0) is 0 Å². The number of rotatable bonds is 3. The first-order valence-corrected chi connectivity index (χ1v) is 6.37. The topological polar surface area (TPSA) is 29.3 Å². The Labute approximate surface area is 103 Å². The van der Waals surface area contributed by atoms with Crippen LogP contribution in [0.4, 0.5) is 10.1 Å². The van der Waals surface area contributed by atoms with Crippen molar-refractivity contribution in [3.05, 3.63) is 30.1 Å². The van der Waals surface area contributed by atoms with Gasteiger partial charge >= 0.3 is 0 Å². The number of halogens is 1. The van der Waals surface area contributed by atoms with E-state index in [4.69, 9.17) is 5.73 Å². The van der Waals surface area contributed by atoms with Crippen molar-refractivity contribution in [1.82, 2.24) is 0 Å². The molecule has 2 nitrogen and oxygen atoms in total. The largest absolute Gasteiger partial charge is 0.374 e. The van der Waals surface area contributed by atoms with Gasteiger partial charge in [0, 0.05) is 25.3 Å². The van der Waals surface area contributed by atoms with E-state index in [1.165, 1.54) is 18.9 Å². The Balaban J connectivity index is 1.94. The summed E-state index contributed by atoms with van der Waals surface area (Å²) >= 11 is 0. The van der Waals surface area contributed by atoms with Crippen molar-refractivity contribution in [3.63, 3.8) is 0 Å². The van der Waals surface area contributed by atoms with E-state index in [1.807, 2.05) is 13.1 Å². The normalized spacial score (nSPS) is 24.6. The fraction of sp³-hybridized carbons (Fsp3) is 0.571. The number of nitrogens with zero attached hydrogens (tertiary/aromatic N) is 1. The van der Waals surface area contributed by atoms with Crippen LogP contribution in [0.5, 0.6) is 0 Å². The SMILES string of the molecule is CN(CC1CCCC(N)C1)c1cccc(F)c1. The molecule has 2 atom stereocenters. The maximum Gasteiger partial charge on any atom is 0.125 e. The van der Waals surface area contributed by atoms with Gasteiger partial charge in [0.1, 0.15) is 5.82 Å². The molecule has 2 rings (SSSR count). The van der Waals surface area contributed by atoms with Crippen LogP contribution in [0.3, 0.4) is 0 Å². The predicted molar refractivity (Wildman–Crippen MR) is 69.6 cm³/mol. The predicted octanol–water partition coefficient (Wildman–Crippen LogP) is 2.78. The zero-order chi connectivity index (χ0) is 12.3. The van der Waals surface area contributed by atoms with Crippen LogP contribution in [-0.4, -0.2) is 19.6 Å². The van der Waals surface area contributed by atoms with Gasteiger partial charge in [-0.1, -0.05) is 12.5 Å². The second-order valence-corrected chi connectivity index (χ2v) is 5.15. The molecule has 0 aromatic heterocycles. The van der Waals surface area contributed by atoms with E-state index in [2.05, 4.69) is 4.90 Å². The molecule has 1 saturated carbocycles. The smallest absolute Gasteiger partial charge is 0.125 e. The fourth-order valence-corrected chi connectivity index (χ4v) is 2.70. The molecule has 0 aliphatic heterocycles. The highest BCUT2D eigenvalue weighted by Crippen LogP contribution is 2.25. The quantitative estimate of drug-likeness (QED) is 0.874. The zero-order valence-electron chi connectivity index (χ0n) is 10.4. The van der Waals surface area contributed by atoms with Gasteiger partial charge < -0.3 is 10.6 Å². The number of hydrogen-bond donors (Lipinski definition) is 1. The summed E-state index contributed by atoms with van der Waals surface area (Å²) in [6.45, 7) is 0.969. The van der Waals surface area contributed by atoms with Crippen LogP contribution in [0.1, 0.15) is 25.7 Å². The lowest BCUT2D eigenvalue weighted by molar-refractivity contribution is 0.326. The first-order chi connectivity index (χ1) is 8.15. The van der Waals surface area contributed by atoms with E-state index < -0.39 is 0 Å². The molecule has 17 heavy (non-hydrogen) atoms. The van der Waals surface area contributed by atoms with E-state index in [0.29, 0.717) is 12.0 Å². The van der Waals surface area contributed by atoms with Crippen molar-refractivity contribution in [1.29, 1.82) is 0 Å². The van der Waals surface area contributed by atoms with Gasteiger partial charge in [0.15, 0.2) is 0 Å². The lowest BCUT2D eigenvalue weighted by atomic mass is 9.86. The average Bonchev–Trinajstić information content (AvgIpc) is 2.29. The maximum atomic E-state index is 13.1. The summed E-state index contributed by atoms with van der Waals surface area (Å²) in [6, 6.07) is 7.13. The van der Waals surface area contributed by atoms with E-state index >= 15 is 0 Å². The molecular weight excluding hydrogens is 215 g/mol. The summed E-state index contributed by atoms with van der Waals surface area (Å²) in [4.78, 5) is 2.13. The van der Waals surface area contributed by atoms with Crippen molar-refractivity contribution >= 4 is 5.69 Å². The van der Waals surface area contributed by atoms with Gasteiger partial charge in [-0.25, -0.2) is 4.39 Å². The van der Waals surface area contributed by atoms with Gasteiger partial charge in [-0.15, -0.1) is 0 Å². The van der Waals surface area contributed by atoms with Crippen LogP contribution in [0.15, 0.2) is 24.3 Å². The molecule has 0 spiro atoms. The maximum absolute atomic E-state index is 13.1. The molecule has 0 radical (unpaired) electrons. The number of nitrogens with two attached hydrogens (primary N) is 1. The highest BCUT2D eigenvalue weighted by molar-refractivity contribution is 5.45. The molecule has 2 unspecified atom stereocenters. The average molecular weight is 236 g/mol. The van der Waals surface area contributed by atoms with Gasteiger partial charge in [-0.3, -0.25) is 0 Å². The first-order valence-electron chi connectivity index (χ1n) is 6.37. The molecule has 1 aliphatic carbocycles. The Kier molecular flexibility index (Phi) is 4.00. The van der Waals surface area contributed by atoms with Crippen molar-refractivity contribution in [2.24, 2.45) is 11.7 Å². The van der Waals surface area contributed by atoms with E-state index in [0.717, 1.165) is 25.1 Å². The molecule has 0 bridgehead atoms. The second-order valence-electron chi connectivity index (χ2n) is 5.15. The van der Waals surface area contributed by atoms with Crippen LogP contribution in [0, 0.1) is 11.7 Å². The molecular formula is C14H21FN2. The first kappa shape index (κ1) is 12.4. The number of hydrogen-bond acceptors (Lipinski definition) is 2. The molecule has 2 N–H and O–H groups in total. The van der Waals surface area contributed by atoms with Crippen molar-refractivity contribution < 1.29 is 4.39 Å². The molecule has 3 heteroatoms. The monoisotopic (exact) mass is 236 g/mol. The summed E-state index contributed by atoms with van der Waals surface area (Å²) in [5.74, 6) is 0.474. The Hall–Kier alpha value is -1.09. The fourth-order valence-electron chi connectivity index (χ4n) is 2.70. The molecule has 1 fully saturated rings. The van der Waals surface area contributed by atoms with Crippen LogP contribution in [0.2, 0.25) is 0 Å². The standard InChI is InChI=1S/C14H21FN2/c1-17(14-7-3-5-12(15)9-14)10-11-4-2-6-13(16)8-11/h3,5,7,9,11,13H,2,4,6,8,10,16H2,1H3. The van der Waals surface area contributed by atoms with E-state index in [-0.39, 0.29) is 5.82 Å². The van der Waals surface area contributed by atoms with Crippen LogP contribution >= 0.6 is 0 Å². The summed E-state index contributed by atoms with van der Waals surface area (Å²) < 4.78 is 13.1. The van der Waals surface area contributed by atoms with Crippen molar-refractivity contribution in [3.8, 4) is 0 Å². The summed E-state index contributed by atoms with van der Waals surface area (Å²) in [5.41, 5.74) is 6.93. The Morgan fingerprint density at radius 3 is 2.94 bits per heavy atom. The van der Waals surface area contributed by atoms with Crippen LogP contribution < -0.4 is 10.6 Å². The van der Waals surface area contributed by atoms with Crippen molar-refractivity contribution in [2.75, 3.05) is 18.5 Å². The molecule has 1 aliphatic rings. The minimum absolute atomic E-state index is 0.172. The third kappa shape index (κ3) is 3.43. The molecule has 1 aromatic carbocycles. The van der Waals surface area contributed by atoms with Crippen molar-refractivity contribution in [2.45, 2.75) is 31.7 Å². The third-order valence-electron chi connectivity index (χ3n) is 3.60. The van der Waals surface area contributed by atoms with Gasteiger partial charge in [-0.05, 0) is 43.4 Å². The van der Waals surface area contributed by atoms with Gasteiger partial charge in [-0.2, -0.15) is 0 Å². The second kappa shape index (κ2) is 5.50. The lowest BCUT2D eigenvalue weighted by Gasteiger charge is -2.31. The van der Waals surface area contributed by atoms with E-state index in [1.54, 1.807) is 12.1 Å². The lowest BCUT2D eigenvalue weighted by Crippen LogP contribution is -2.34. The molecule has 1 aromatic rings. The molecule has 0 heterocycles. The Morgan fingerprint density at radius 1 is 1.41 bits per heavy atom. The molecule has 0 amide bonds.